The van der Waals surface area contributed by atoms with Gasteiger partial charge in [-0.2, -0.15) is 0 Å². The van der Waals surface area contributed by atoms with Crippen molar-refractivity contribution in [2.24, 2.45) is 0 Å². The minimum Gasteiger partial charge on any atom is -0.490 e. The highest BCUT2D eigenvalue weighted by Gasteiger charge is 2.16. The van der Waals surface area contributed by atoms with Crippen LogP contribution in [0.1, 0.15) is 41.3 Å². The number of ketones is 1. The third-order valence-corrected chi connectivity index (χ3v) is 5.04. The van der Waals surface area contributed by atoms with E-state index in [9.17, 15) is 14.0 Å². The predicted molar refractivity (Wildman–Crippen MR) is 123 cm³/mol. The molecule has 5 heteroatoms. The molecule has 4 nitrogen and oxygen atoms in total. The van der Waals surface area contributed by atoms with Crippen molar-refractivity contribution in [3.05, 3.63) is 95.3 Å². The van der Waals surface area contributed by atoms with Crippen molar-refractivity contribution < 1.29 is 23.5 Å². The molecule has 3 aromatic carbocycles. The molecule has 0 amide bonds. The van der Waals surface area contributed by atoms with Crippen LogP contribution in [0.3, 0.4) is 0 Å². The molecule has 0 aliphatic heterocycles. The zero-order chi connectivity index (χ0) is 23.1. The molecule has 0 atom stereocenters. The van der Waals surface area contributed by atoms with Gasteiger partial charge in [0.15, 0.2) is 0 Å². The number of esters is 1. The van der Waals surface area contributed by atoms with E-state index in [2.05, 4.69) is 24.7 Å². The lowest BCUT2D eigenvalue weighted by atomic mass is 9.90. The van der Waals surface area contributed by atoms with Crippen LogP contribution in [-0.2, 0) is 9.53 Å². The SMILES string of the molecule is COC(=O)C(=O)c1ccc(OCC=Cc2c(-c3ccc(F)cc3)cccc2C(C)C)cc1. The maximum Gasteiger partial charge on any atom is 0.379 e. The standard InChI is InChI=1S/C27H25FO4/c1-18(2)23-6-4-7-24(19-9-13-21(28)14-10-19)25(23)8-5-17-32-22-15-11-20(12-16-22)26(29)27(30)31-3/h4-16,18H,17H2,1-3H3. The second-order valence-electron chi connectivity index (χ2n) is 7.53. The Morgan fingerprint density at radius 2 is 1.66 bits per heavy atom. The molecule has 0 aromatic heterocycles. The van der Waals surface area contributed by atoms with Gasteiger partial charge in [0.25, 0.3) is 5.78 Å². The maximum atomic E-state index is 13.4. The van der Waals surface area contributed by atoms with Crippen molar-refractivity contribution in [1.29, 1.82) is 0 Å². The Morgan fingerprint density at radius 3 is 2.28 bits per heavy atom. The zero-order valence-electron chi connectivity index (χ0n) is 18.3. The molecule has 0 saturated carbocycles. The second kappa shape index (κ2) is 10.5. The first-order valence-corrected chi connectivity index (χ1v) is 10.3. The van der Waals surface area contributed by atoms with Crippen molar-refractivity contribution in [2.45, 2.75) is 19.8 Å². The van der Waals surface area contributed by atoms with Gasteiger partial charge in [-0.15, -0.1) is 0 Å². The third-order valence-electron chi connectivity index (χ3n) is 5.04. The molecule has 0 aliphatic rings. The summed E-state index contributed by atoms with van der Waals surface area (Å²) in [6, 6.07) is 18.9. The molecule has 0 radical (unpaired) electrons. The van der Waals surface area contributed by atoms with Crippen molar-refractivity contribution in [1.82, 2.24) is 0 Å². The molecule has 0 unspecified atom stereocenters. The topological polar surface area (TPSA) is 52.6 Å². The summed E-state index contributed by atoms with van der Waals surface area (Å²) in [6.07, 6.45) is 3.94. The average molecular weight is 432 g/mol. The Morgan fingerprint density at radius 1 is 0.969 bits per heavy atom. The molecule has 0 aliphatic carbocycles. The lowest BCUT2D eigenvalue weighted by Crippen LogP contribution is -2.15. The van der Waals surface area contributed by atoms with Gasteiger partial charge in [0.1, 0.15) is 18.2 Å². The number of methoxy groups -OCH3 is 1. The number of Topliss-reactive ketones (excluding diaryl/α,β-unsaturated/α-hetero) is 1. The largest absolute Gasteiger partial charge is 0.490 e. The fourth-order valence-electron chi connectivity index (χ4n) is 3.38. The summed E-state index contributed by atoms with van der Waals surface area (Å²) >= 11 is 0. The van der Waals surface area contributed by atoms with Crippen LogP contribution >= 0.6 is 0 Å². The minimum atomic E-state index is -0.901. The van der Waals surface area contributed by atoms with Crippen LogP contribution in [-0.4, -0.2) is 25.5 Å². The van der Waals surface area contributed by atoms with Crippen molar-refractivity contribution in [2.75, 3.05) is 13.7 Å². The maximum absolute atomic E-state index is 13.4. The Hall–Kier alpha value is -3.73. The zero-order valence-corrected chi connectivity index (χ0v) is 18.3. The Labute approximate surface area is 187 Å². The van der Waals surface area contributed by atoms with E-state index in [1.807, 2.05) is 24.3 Å². The normalized spacial score (nSPS) is 11.0. The molecule has 0 heterocycles. The number of halogens is 1. The smallest absolute Gasteiger partial charge is 0.379 e. The number of carbonyl (C=O) groups is 2. The highest BCUT2D eigenvalue weighted by Crippen LogP contribution is 2.31. The summed E-state index contributed by atoms with van der Waals surface area (Å²) < 4.78 is 23.6. The summed E-state index contributed by atoms with van der Waals surface area (Å²) in [5, 5.41) is 0. The van der Waals surface area contributed by atoms with E-state index in [1.165, 1.54) is 36.9 Å². The monoisotopic (exact) mass is 432 g/mol. The Bertz CT molecular complexity index is 1110. The number of ether oxygens (including phenoxy) is 2. The quantitative estimate of drug-likeness (QED) is 0.246. The van der Waals surface area contributed by atoms with Crippen LogP contribution in [0.5, 0.6) is 5.75 Å². The van der Waals surface area contributed by atoms with Gasteiger partial charge in [-0.3, -0.25) is 4.79 Å². The lowest BCUT2D eigenvalue weighted by molar-refractivity contribution is -0.135. The van der Waals surface area contributed by atoms with Crippen LogP contribution < -0.4 is 4.74 Å². The van der Waals surface area contributed by atoms with Crippen LogP contribution in [0.2, 0.25) is 0 Å². The second-order valence-corrected chi connectivity index (χ2v) is 7.53. The molecule has 164 valence electrons. The molecule has 3 rings (SSSR count). The molecular weight excluding hydrogens is 407 g/mol. The summed E-state index contributed by atoms with van der Waals surface area (Å²) in [6.45, 7) is 4.59. The number of hydrogen-bond donors (Lipinski definition) is 0. The minimum absolute atomic E-state index is 0.245. The Kier molecular flexibility index (Phi) is 7.55. The van der Waals surface area contributed by atoms with E-state index in [4.69, 9.17) is 4.74 Å². The van der Waals surface area contributed by atoms with E-state index >= 15 is 0 Å². The molecule has 0 N–H and O–H groups in total. The number of benzene rings is 3. The van der Waals surface area contributed by atoms with Gasteiger partial charge >= 0.3 is 5.97 Å². The van der Waals surface area contributed by atoms with Crippen molar-refractivity contribution in [3.63, 3.8) is 0 Å². The van der Waals surface area contributed by atoms with Crippen LogP contribution in [0.25, 0.3) is 17.2 Å². The first kappa shape index (κ1) is 22.9. The Balaban J connectivity index is 1.75. The summed E-state index contributed by atoms with van der Waals surface area (Å²) in [4.78, 5) is 23.1. The lowest BCUT2D eigenvalue weighted by Gasteiger charge is -2.15. The van der Waals surface area contributed by atoms with Gasteiger partial charge < -0.3 is 9.47 Å². The highest BCUT2D eigenvalue weighted by molar-refractivity contribution is 6.40. The molecule has 0 saturated heterocycles. The first-order chi connectivity index (χ1) is 15.4. The van der Waals surface area contributed by atoms with Gasteiger partial charge in [-0.05, 0) is 70.6 Å². The summed E-state index contributed by atoms with van der Waals surface area (Å²) in [5.41, 5.74) is 4.47. The van der Waals surface area contributed by atoms with E-state index in [-0.39, 0.29) is 11.4 Å². The van der Waals surface area contributed by atoms with Gasteiger partial charge in [-0.1, -0.05) is 50.3 Å². The fraction of sp³-hybridized carbons (Fsp3) is 0.185. The molecule has 0 fully saturated rings. The van der Waals surface area contributed by atoms with Crippen LogP contribution in [0.4, 0.5) is 4.39 Å². The summed E-state index contributed by atoms with van der Waals surface area (Å²) in [7, 11) is 1.17. The van der Waals surface area contributed by atoms with Crippen LogP contribution in [0, 0.1) is 5.82 Å². The third kappa shape index (κ3) is 5.49. The number of hydrogen-bond acceptors (Lipinski definition) is 4. The predicted octanol–water partition coefficient (Wildman–Crippen LogP) is 6.06. The van der Waals surface area contributed by atoms with Crippen molar-refractivity contribution in [3.8, 4) is 16.9 Å². The van der Waals surface area contributed by atoms with E-state index in [0.29, 0.717) is 18.3 Å². The van der Waals surface area contributed by atoms with Gasteiger partial charge in [0.05, 0.1) is 7.11 Å². The molecule has 0 bridgehead atoms. The number of carbonyl (C=O) groups excluding carboxylic acids is 2. The highest BCUT2D eigenvalue weighted by atomic mass is 19.1. The molecule has 32 heavy (non-hydrogen) atoms. The first-order valence-electron chi connectivity index (χ1n) is 10.3. The van der Waals surface area contributed by atoms with E-state index < -0.39 is 11.8 Å². The van der Waals surface area contributed by atoms with Gasteiger partial charge in [0, 0.05) is 5.56 Å². The van der Waals surface area contributed by atoms with E-state index in [1.54, 1.807) is 24.3 Å². The van der Waals surface area contributed by atoms with Gasteiger partial charge in [0.2, 0.25) is 0 Å². The average Bonchev–Trinajstić information content (AvgIpc) is 2.81. The molecular formula is C27H25FO4. The molecule has 0 spiro atoms. The van der Waals surface area contributed by atoms with Gasteiger partial charge in [-0.25, -0.2) is 9.18 Å². The van der Waals surface area contributed by atoms with Crippen LogP contribution in [0.15, 0.2) is 72.8 Å². The van der Waals surface area contributed by atoms with Crippen molar-refractivity contribution >= 4 is 17.8 Å². The number of rotatable bonds is 8. The van der Waals surface area contributed by atoms with E-state index in [0.717, 1.165) is 16.7 Å². The fourth-order valence-corrected chi connectivity index (χ4v) is 3.38. The summed E-state index contributed by atoms with van der Waals surface area (Å²) in [5.74, 6) is -0.971. The molecule has 3 aromatic rings.